The van der Waals surface area contributed by atoms with E-state index in [0.717, 1.165) is 22.5 Å². The van der Waals surface area contributed by atoms with E-state index >= 15 is 0 Å². The van der Waals surface area contributed by atoms with Gasteiger partial charge in [0, 0.05) is 0 Å². The Morgan fingerprint density at radius 1 is 0.852 bits per heavy atom. The van der Waals surface area contributed by atoms with E-state index in [-0.39, 0.29) is 5.91 Å². The molecule has 132 valence electrons. The van der Waals surface area contributed by atoms with Gasteiger partial charge in [0.1, 0.15) is 5.41 Å². The lowest BCUT2D eigenvalue weighted by atomic mass is 9.71. The van der Waals surface area contributed by atoms with Crippen molar-refractivity contribution in [2.45, 2.75) is 11.8 Å². The van der Waals surface area contributed by atoms with Gasteiger partial charge in [0.05, 0.1) is 11.4 Å². The minimum atomic E-state index is -0.889. The average Bonchev–Trinajstić information content (AvgIpc) is 3.04. The summed E-state index contributed by atoms with van der Waals surface area (Å²) in [6, 6.07) is 29.3. The van der Waals surface area contributed by atoms with Crippen LogP contribution in [-0.4, -0.2) is 11.6 Å². The number of carbonyl (C=O) groups excluding carboxylic acids is 1. The fraction of sp³-hybridized carbons (Fsp3) is 0.0833. The number of hydrogen-bond acceptors (Lipinski definition) is 2. The molecule has 3 heteroatoms. The molecule has 3 aromatic carbocycles. The van der Waals surface area contributed by atoms with Crippen molar-refractivity contribution in [3.63, 3.8) is 0 Å². The lowest BCUT2D eigenvalue weighted by Gasteiger charge is -2.29. The Hall–Kier alpha value is -3.46. The van der Waals surface area contributed by atoms with Crippen LogP contribution in [0.25, 0.3) is 0 Å². The van der Waals surface area contributed by atoms with Crippen molar-refractivity contribution < 1.29 is 4.79 Å². The molecule has 1 aliphatic rings. The standard InChI is InChI=1S/C24H20N2O/c1-2-18-24(20-14-8-4-9-15-20)22(19-12-6-3-7-13-19)25-26(23(24)27)21-16-10-5-11-17-21/h2-17H,1,18H2. The molecule has 0 aromatic heterocycles. The number of carbonyl (C=O) groups is 1. The Labute approximate surface area is 159 Å². The number of anilines is 1. The number of allylic oxidation sites excluding steroid dienone is 1. The molecule has 1 amide bonds. The highest BCUT2D eigenvalue weighted by Gasteiger charge is 2.52. The first-order valence-corrected chi connectivity index (χ1v) is 8.98. The fourth-order valence-electron chi connectivity index (χ4n) is 3.66. The Morgan fingerprint density at radius 3 is 2.00 bits per heavy atom. The highest BCUT2D eigenvalue weighted by atomic mass is 16.2. The van der Waals surface area contributed by atoms with Gasteiger partial charge in [-0.25, -0.2) is 0 Å². The molecule has 0 saturated heterocycles. The lowest BCUT2D eigenvalue weighted by molar-refractivity contribution is -0.121. The van der Waals surface area contributed by atoms with Crippen LogP contribution >= 0.6 is 0 Å². The maximum atomic E-state index is 13.8. The molecule has 1 aliphatic heterocycles. The van der Waals surface area contributed by atoms with Crippen molar-refractivity contribution in [1.82, 2.24) is 0 Å². The summed E-state index contributed by atoms with van der Waals surface area (Å²) in [7, 11) is 0. The first kappa shape index (κ1) is 17.0. The molecule has 27 heavy (non-hydrogen) atoms. The predicted octanol–water partition coefficient (Wildman–Crippen LogP) is 4.95. The van der Waals surface area contributed by atoms with Crippen LogP contribution in [-0.2, 0) is 10.2 Å². The van der Waals surface area contributed by atoms with E-state index < -0.39 is 5.41 Å². The van der Waals surface area contributed by atoms with Crippen LogP contribution in [0.15, 0.2) is 109 Å². The van der Waals surface area contributed by atoms with Gasteiger partial charge in [0.25, 0.3) is 5.91 Å². The van der Waals surface area contributed by atoms with Crippen LogP contribution < -0.4 is 5.01 Å². The topological polar surface area (TPSA) is 32.7 Å². The summed E-state index contributed by atoms with van der Waals surface area (Å²) in [6.07, 6.45) is 2.28. The van der Waals surface area contributed by atoms with Crippen LogP contribution in [0.2, 0.25) is 0 Å². The predicted molar refractivity (Wildman–Crippen MR) is 110 cm³/mol. The van der Waals surface area contributed by atoms with Crippen molar-refractivity contribution >= 4 is 17.3 Å². The first-order chi connectivity index (χ1) is 13.3. The Bertz CT molecular complexity index is 981. The zero-order valence-electron chi connectivity index (χ0n) is 15.0. The van der Waals surface area contributed by atoms with Crippen molar-refractivity contribution in [1.29, 1.82) is 0 Å². The molecule has 3 aromatic rings. The Balaban J connectivity index is 1.96. The molecule has 0 aliphatic carbocycles. The molecule has 1 unspecified atom stereocenters. The number of amides is 1. The monoisotopic (exact) mass is 352 g/mol. The van der Waals surface area contributed by atoms with Gasteiger partial charge in [-0.05, 0) is 29.7 Å². The molecule has 1 heterocycles. The molecule has 3 nitrogen and oxygen atoms in total. The van der Waals surface area contributed by atoms with E-state index in [1.165, 1.54) is 5.01 Å². The van der Waals surface area contributed by atoms with E-state index in [9.17, 15) is 4.79 Å². The fourth-order valence-corrected chi connectivity index (χ4v) is 3.66. The van der Waals surface area contributed by atoms with Gasteiger partial charge >= 0.3 is 0 Å². The molecule has 0 N–H and O–H groups in total. The molecule has 0 bridgehead atoms. The van der Waals surface area contributed by atoms with Crippen LogP contribution in [0.5, 0.6) is 0 Å². The van der Waals surface area contributed by atoms with Crippen LogP contribution in [0.1, 0.15) is 17.5 Å². The first-order valence-electron chi connectivity index (χ1n) is 8.98. The summed E-state index contributed by atoms with van der Waals surface area (Å²) < 4.78 is 0. The maximum Gasteiger partial charge on any atom is 0.264 e. The van der Waals surface area contributed by atoms with Crippen LogP contribution in [0, 0.1) is 0 Å². The number of nitrogens with zero attached hydrogens (tertiary/aromatic N) is 2. The number of hydrazone groups is 1. The van der Waals surface area contributed by atoms with Crippen LogP contribution in [0.4, 0.5) is 5.69 Å². The van der Waals surface area contributed by atoms with Crippen molar-refractivity contribution in [2.75, 3.05) is 5.01 Å². The summed E-state index contributed by atoms with van der Waals surface area (Å²) in [5.74, 6) is -0.0568. The normalized spacial score (nSPS) is 19.0. The lowest BCUT2D eigenvalue weighted by Crippen LogP contribution is -2.44. The number of hydrogen-bond donors (Lipinski definition) is 0. The Kier molecular flexibility index (Phi) is 4.43. The van der Waals surface area contributed by atoms with E-state index in [0.29, 0.717) is 6.42 Å². The zero-order chi connectivity index (χ0) is 18.7. The minimum Gasteiger partial charge on any atom is -0.271 e. The van der Waals surface area contributed by atoms with Crippen LogP contribution in [0.3, 0.4) is 0 Å². The quantitative estimate of drug-likeness (QED) is 0.598. The summed E-state index contributed by atoms with van der Waals surface area (Å²) in [4.78, 5) is 13.8. The van der Waals surface area contributed by atoms with Gasteiger partial charge in [0.15, 0.2) is 0 Å². The number of para-hydroxylation sites is 1. The summed E-state index contributed by atoms with van der Waals surface area (Å²) >= 11 is 0. The van der Waals surface area contributed by atoms with Gasteiger partial charge in [-0.1, -0.05) is 84.9 Å². The molecule has 0 radical (unpaired) electrons. The van der Waals surface area contributed by atoms with E-state index in [1.807, 2.05) is 91.0 Å². The van der Waals surface area contributed by atoms with Crippen molar-refractivity contribution in [3.8, 4) is 0 Å². The average molecular weight is 352 g/mol. The minimum absolute atomic E-state index is 0.0568. The molecular weight excluding hydrogens is 332 g/mol. The second kappa shape index (κ2) is 7.04. The highest BCUT2D eigenvalue weighted by molar-refractivity contribution is 6.29. The van der Waals surface area contributed by atoms with Gasteiger partial charge in [-0.15, -0.1) is 6.58 Å². The molecule has 4 rings (SSSR count). The smallest absolute Gasteiger partial charge is 0.264 e. The molecule has 0 spiro atoms. The number of benzene rings is 3. The van der Waals surface area contributed by atoms with Gasteiger partial charge in [-0.3, -0.25) is 4.79 Å². The third-order valence-corrected chi connectivity index (χ3v) is 4.93. The SMILES string of the molecule is C=CCC1(c2ccccc2)C(=O)N(c2ccccc2)N=C1c1ccccc1. The molecule has 0 saturated carbocycles. The largest absolute Gasteiger partial charge is 0.271 e. The number of rotatable bonds is 5. The third-order valence-electron chi connectivity index (χ3n) is 4.93. The third kappa shape index (κ3) is 2.77. The summed E-state index contributed by atoms with van der Waals surface area (Å²) in [6.45, 7) is 3.93. The zero-order valence-corrected chi connectivity index (χ0v) is 15.0. The van der Waals surface area contributed by atoms with Gasteiger partial charge in [0.2, 0.25) is 0 Å². The van der Waals surface area contributed by atoms with Gasteiger partial charge in [-0.2, -0.15) is 10.1 Å². The van der Waals surface area contributed by atoms with E-state index in [4.69, 9.17) is 5.10 Å². The highest BCUT2D eigenvalue weighted by Crippen LogP contribution is 2.41. The molecule has 0 fully saturated rings. The molecular formula is C24H20N2O. The summed E-state index contributed by atoms with van der Waals surface area (Å²) in [5, 5.41) is 6.34. The van der Waals surface area contributed by atoms with Gasteiger partial charge < -0.3 is 0 Å². The second-order valence-electron chi connectivity index (χ2n) is 6.53. The van der Waals surface area contributed by atoms with Crippen molar-refractivity contribution in [3.05, 3.63) is 115 Å². The van der Waals surface area contributed by atoms with Crippen molar-refractivity contribution in [2.24, 2.45) is 5.10 Å². The Morgan fingerprint density at radius 2 is 1.41 bits per heavy atom. The van der Waals surface area contributed by atoms with E-state index in [2.05, 4.69) is 6.58 Å². The van der Waals surface area contributed by atoms with E-state index in [1.54, 1.807) is 6.08 Å². The molecule has 1 atom stereocenters. The second-order valence-corrected chi connectivity index (χ2v) is 6.53. The summed E-state index contributed by atoms with van der Waals surface area (Å²) in [5.41, 5.74) is 2.49. The maximum absolute atomic E-state index is 13.8.